The Kier molecular flexibility index (Phi) is 5.23. The highest BCUT2D eigenvalue weighted by molar-refractivity contribution is 7.17. The van der Waals surface area contributed by atoms with Gasteiger partial charge in [-0.25, -0.2) is 9.78 Å². The summed E-state index contributed by atoms with van der Waals surface area (Å²) in [6.45, 7) is 8.01. The van der Waals surface area contributed by atoms with Crippen LogP contribution >= 0.6 is 11.3 Å². The molecule has 1 aromatic carbocycles. The number of esters is 1. The van der Waals surface area contributed by atoms with Gasteiger partial charge in [0.05, 0.1) is 18.3 Å². The maximum absolute atomic E-state index is 13.2. The van der Waals surface area contributed by atoms with Crippen LogP contribution in [0.3, 0.4) is 0 Å². The van der Waals surface area contributed by atoms with Crippen molar-refractivity contribution in [3.05, 3.63) is 51.4 Å². The first-order valence-electron chi connectivity index (χ1n) is 8.70. The zero-order valence-corrected chi connectivity index (χ0v) is 16.2. The summed E-state index contributed by atoms with van der Waals surface area (Å²) in [5.41, 5.74) is 4.02. The lowest BCUT2D eigenvalue weighted by atomic mass is 10.0. The van der Waals surface area contributed by atoms with Gasteiger partial charge in [-0.1, -0.05) is 25.1 Å². The van der Waals surface area contributed by atoms with Crippen LogP contribution < -0.4 is 5.56 Å². The van der Waals surface area contributed by atoms with Crippen molar-refractivity contribution in [2.45, 2.75) is 40.2 Å². The highest BCUT2D eigenvalue weighted by Gasteiger charge is 2.23. The summed E-state index contributed by atoms with van der Waals surface area (Å²) in [5, 5.41) is 2.52. The van der Waals surface area contributed by atoms with E-state index in [-0.39, 0.29) is 12.2 Å². The third-order valence-electron chi connectivity index (χ3n) is 4.62. The highest BCUT2D eigenvalue weighted by Crippen LogP contribution is 2.32. The summed E-state index contributed by atoms with van der Waals surface area (Å²) in [5.74, 6) is -0.402. The van der Waals surface area contributed by atoms with Crippen molar-refractivity contribution in [2.24, 2.45) is 0 Å². The van der Waals surface area contributed by atoms with E-state index in [1.807, 2.05) is 18.4 Å². The molecular weight excluding hydrogens is 348 g/mol. The smallest absolute Gasteiger partial charge is 0.329 e. The maximum Gasteiger partial charge on any atom is 0.329 e. The lowest BCUT2D eigenvalue weighted by Crippen LogP contribution is -2.31. The second kappa shape index (κ2) is 7.41. The monoisotopic (exact) mass is 370 g/mol. The van der Waals surface area contributed by atoms with Crippen molar-refractivity contribution < 1.29 is 9.53 Å². The predicted molar refractivity (Wildman–Crippen MR) is 105 cm³/mol. The molecule has 26 heavy (non-hydrogen) atoms. The van der Waals surface area contributed by atoms with Gasteiger partial charge in [0.25, 0.3) is 5.56 Å². The Hall–Kier alpha value is -2.47. The fourth-order valence-corrected chi connectivity index (χ4v) is 3.91. The van der Waals surface area contributed by atoms with Crippen molar-refractivity contribution in [3.8, 4) is 11.1 Å². The average Bonchev–Trinajstić information content (AvgIpc) is 3.05. The molecule has 0 fully saturated rings. The molecule has 0 unspecified atom stereocenters. The number of aromatic nitrogens is 2. The number of aryl methyl sites for hydroxylation is 2. The summed E-state index contributed by atoms with van der Waals surface area (Å²) < 4.78 is 6.52. The van der Waals surface area contributed by atoms with E-state index in [9.17, 15) is 9.59 Å². The van der Waals surface area contributed by atoms with E-state index < -0.39 is 12.0 Å². The molecule has 0 N–H and O–H groups in total. The Balaban J connectivity index is 2.18. The van der Waals surface area contributed by atoms with E-state index >= 15 is 0 Å². The third kappa shape index (κ3) is 3.17. The SMILES string of the molecule is CCOC(=O)[C@@H](CC)n1cnc2scc(-c3ccc(C)c(C)c3)c2c1=O. The minimum atomic E-state index is -0.660. The summed E-state index contributed by atoms with van der Waals surface area (Å²) in [4.78, 5) is 30.5. The second-order valence-corrected chi connectivity index (χ2v) is 7.12. The van der Waals surface area contributed by atoms with Crippen molar-refractivity contribution in [1.82, 2.24) is 9.55 Å². The average molecular weight is 370 g/mol. The summed E-state index contributed by atoms with van der Waals surface area (Å²) >= 11 is 1.44. The number of benzene rings is 1. The van der Waals surface area contributed by atoms with Crippen molar-refractivity contribution in [1.29, 1.82) is 0 Å². The van der Waals surface area contributed by atoms with E-state index in [2.05, 4.69) is 31.0 Å². The number of carbonyl (C=O) groups excluding carboxylic acids is 1. The number of nitrogens with zero attached hydrogens (tertiary/aromatic N) is 2. The molecule has 0 amide bonds. The Morgan fingerprint density at radius 1 is 1.27 bits per heavy atom. The van der Waals surface area contributed by atoms with Gasteiger partial charge in [-0.2, -0.15) is 0 Å². The Morgan fingerprint density at radius 3 is 2.69 bits per heavy atom. The number of hydrogen-bond acceptors (Lipinski definition) is 5. The van der Waals surface area contributed by atoms with Gasteiger partial charge in [0.1, 0.15) is 10.9 Å². The molecule has 1 atom stereocenters. The third-order valence-corrected chi connectivity index (χ3v) is 5.50. The van der Waals surface area contributed by atoms with Gasteiger partial charge < -0.3 is 4.74 Å². The van der Waals surface area contributed by atoms with Gasteiger partial charge in [0.15, 0.2) is 0 Å². The number of ether oxygens (including phenoxy) is 1. The van der Waals surface area contributed by atoms with Gasteiger partial charge in [-0.3, -0.25) is 9.36 Å². The van der Waals surface area contributed by atoms with Crippen LogP contribution in [0.4, 0.5) is 0 Å². The minimum Gasteiger partial charge on any atom is -0.464 e. The zero-order valence-electron chi connectivity index (χ0n) is 15.4. The van der Waals surface area contributed by atoms with Crippen LogP contribution in [-0.4, -0.2) is 22.1 Å². The first kappa shape index (κ1) is 18.3. The van der Waals surface area contributed by atoms with Gasteiger partial charge >= 0.3 is 5.97 Å². The number of fused-ring (bicyclic) bond motifs is 1. The summed E-state index contributed by atoms with van der Waals surface area (Å²) in [6.07, 6.45) is 1.92. The van der Waals surface area contributed by atoms with Crippen LogP contribution in [0.1, 0.15) is 37.4 Å². The van der Waals surface area contributed by atoms with E-state index in [4.69, 9.17) is 4.74 Å². The van der Waals surface area contributed by atoms with Crippen molar-refractivity contribution in [3.63, 3.8) is 0 Å². The van der Waals surface area contributed by atoms with Crippen LogP contribution in [0.5, 0.6) is 0 Å². The molecule has 0 aliphatic rings. The topological polar surface area (TPSA) is 61.2 Å². The first-order chi connectivity index (χ1) is 12.5. The molecule has 2 heterocycles. The van der Waals surface area contributed by atoms with E-state index in [1.54, 1.807) is 6.92 Å². The fraction of sp³-hybridized carbons (Fsp3) is 0.350. The quantitative estimate of drug-likeness (QED) is 0.630. The molecule has 2 aromatic heterocycles. The summed E-state index contributed by atoms with van der Waals surface area (Å²) in [7, 11) is 0. The van der Waals surface area contributed by atoms with Gasteiger partial charge in [0.2, 0.25) is 0 Å². The normalized spacial score (nSPS) is 12.3. The van der Waals surface area contributed by atoms with E-state index in [0.717, 1.165) is 11.1 Å². The van der Waals surface area contributed by atoms with Crippen molar-refractivity contribution >= 4 is 27.5 Å². The summed E-state index contributed by atoms with van der Waals surface area (Å²) in [6, 6.07) is 5.49. The molecule has 3 rings (SSSR count). The lowest BCUT2D eigenvalue weighted by Gasteiger charge is -2.16. The Bertz CT molecular complexity index is 1020. The lowest BCUT2D eigenvalue weighted by molar-refractivity contribution is -0.147. The molecule has 0 aliphatic heterocycles. The van der Waals surface area contributed by atoms with E-state index in [1.165, 1.54) is 33.4 Å². The first-order valence-corrected chi connectivity index (χ1v) is 9.58. The van der Waals surface area contributed by atoms with Gasteiger partial charge in [-0.05, 0) is 43.9 Å². The molecule has 0 saturated carbocycles. The van der Waals surface area contributed by atoms with Crippen LogP contribution in [0.15, 0.2) is 34.7 Å². The van der Waals surface area contributed by atoms with Crippen LogP contribution in [-0.2, 0) is 9.53 Å². The molecule has 3 aromatic rings. The van der Waals surface area contributed by atoms with Crippen molar-refractivity contribution in [2.75, 3.05) is 6.61 Å². The number of carbonyl (C=O) groups is 1. The number of rotatable bonds is 5. The molecule has 0 aliphatic carbocycles. The largest absolute Gasteiger partial charge is 0.464 e. The molecule has 5 nitrogen and oxygen atoms in total. The molecule has 0 saturated heterocycles. The van der Waals surface area contributed by atoms with E-state index in [0.29, 0.717) is 16.6 Å². The Morgan fingerprint density at radius 2 is 2.04 bits per heavy atom. The predicted octanol–water partition coefficient (Wildman–Crippen LogP) is 4.26. The number of hydrogen-bond donors (Lipinski definition) is 0. The Labute approximate surface area is 156 Å². The standard InChI is InChI=1S/C20H22N2O3S/c1-5-16(20(24)25-6-2)22-11-21-18-17(19(22)23)15(10-26-18)14-8-7-12(3)13(4)9-14/h7-11,16H,5-6H2,1-4H3/t16-/m1/s1. The minimum absolute atomic E-state index is 0.204. The van der Waals surface area contributed by atoms with Crippen LogP contribution in [0, 0.1) is 13.8 Å². The molecule has 0 radical (unpaired) electrons. The fourth-order valence-electron chi connectivity index (χ4n) is 3.00. The van der Waals surface area contributed by atoms with Gasteiger partial charge in [-0.15, -0.1) is 11.3 Å². The van der Waals surface area contributed by atoms with Crippen LogP contribution in [0.2, 0.25) is 0 Å². The molecule has 6 heteroatoms. The van der Waals surface area contributed by atoms with Crippen LogP contribution in [0.25, 0.3) is 21.3 Å². The molecule has 0 bridgehead atoms. The highest BCUT2D eigenvalue weighted by atomic mass is 32.1. The second-order valence-electron chi connectivity index (χ2n) is 6.26. The van der Waals surface area contributed by atoms with Gasteiger partial charge in [0, 0.05) is 10.9 Å². The zero-order chi connectivity index (χ0) is 18.8. The molecular formula is C20H22N2O3S. The molecule has 0 spiro atoms. The number of thiophene rings is 1. The maximum atomic E-state index is 13.2. The molecule has 136 valence electrons.